The van der Waals surface area contributed by atoms with Crippen LogP contribution in [0, 0.1) is 0 Å². The monoisotopic (exact) mass is 237 g/mol. The van der Waals surface area contributed by atoms with Crippen molar-refractivity contribution < 1.29 is 0 Å². The van der Waals surface area contributed by atoms with Crippen LogP contribution in [0.1, 0.15) is 19.8 Å². The van der Waals surface area contributed by atoms with E-state index in [1.54, 1.807) is 13.1 Å². The van der Waals surface area contributed by atoms with Gasteiger partial charge in [0.1, 0.15) is 5.84 Å². The predicted octanol–water partition coefficient (Wildman–Crippen LogP) is 2.69. The predicted molar refractivity (Wildman–Crippen MR) is 73.1 cm³/mol. The van der Waals surface area contributed by atoms with Gasteiger partial charge in [0.15, 0.2) is 0 Å². The summed E-state index contributed by atoms with van der Waals surface area (Å²) in [6.07, 6.45) is 10.0. The van der Waals surface area contributed by atoms with E-state index >= 15 is 0 Å². The zero-order valence-electron chi connectivity index (χ0n) is 9.89. The number of rotatable bonds is 4. The standard InChI is InChI=1S/C12H19N3S/c1-4-10-6-7-12(16-10)15(5-2)9-8-11(13)14-3/h4-5,8-9,12H,2,6-7H2,1,3H3,(H2,13,14)/b9-8-,10-4+. The molecule has 0 saturated carbocycles. The molecule has 4 heteroatoms. The molecule has 0 aliphatic carbocycles. The number of allylic oxidation sites excluding steroid dienone is 2. The Labute approximate surface area is 102 Å². The molecule has 1 rings (SSSR count). The van der Waals surface area contributed by atoms with Gasteiger partial charge in [0.2, 0.25) is 0 Å². The lowest BCUT2D eigenvalue weighted by Gasteiger charge is -2.21. The third-order valence-electron chi connectivity index (χ3n) is 2.47. The molecule has 0 radical (unpaired) electrons. The highest BCUT2D eigenvalue weighted by molar-refractivity contribution is 8.03. The third kappa shape index (κ3) is 3.45. The molecule has 0 aromatic carbocycles. The molecule has 1 fully saturated rings. The molecule has 1 saturated heterocycles. The Kier molecular flexibility index (Phi) is 5.19. The van der Waals surface area contributed by atoms with Gasteiger partial charge in [0.05, 0.1) is 5.37 Å². The van der Waals surface area contributed by atoms with E-state index in [4.69, 9.17) is 5.73 Å². The lowest BCUT2D eigenvalue weighted by molar-refractivity contribution is 0.464. The van der Waals surface area contributed by atoms with Crippen molar-refractivity contribution in [2.75, 3.05) is 7.05 Å². The maximum atomic E-state index is 5.61. The van der Waals surface area contributed by atoms with Crippen molar-refractivity contribution in [2.24, 2.45) is 10.7 Å². The van der Waals surface area contributed by atoms with Crippen molar-refractivity contribution in [1.29, 1.82) is 0 Å². The number of amidine groups is 1. The van der Waals surface area contributed by atoms with E-state index in [1.807, 2.05) is 24.2 Å². The molecule has 0 amide bonds. The SMILES string of the molecule is C=CN(/C=C\C(N)=N/C)C1CC/C(=C\C)S1. The van der Waals surface area contributed by atoms with Gasteiger partial charge >= 0.3 is 0 Å². The molecule has 3 nitrogen and oxygen atoms in total. The molecule has 88 valence electrons. The summed E-state index contributed by atoms with van der Waals surface area (Å²) >= 11 is 1.89. The van der Waals surface area contributed by atoms with Crippen LogP contribution in [0.2, 0.25) is 0 Å². The van der Waals surface area contributed by atoms with Crippen LogP contribution in [0.4, 0.5) is 0 Å². The maximum Gasteiger partial charge on any atom is 0.119 e. The maximum absolute atomic E-state index is 5.61. The van der Waals surface area contributed by atoms with Crippen LogP contribution in [-0.4, -0.2) is 23.2 Å². The molecule has 0 bridgehead atoms. The summed E-state index contributed by atoms with van der Waals surface area (Å²) in [5.41, 5.74) is 5.61. The highest BCUT2D eigenvalue weighted by Crippen LogP contribution is 2.38. The second-order valence-electron chi connectivity index (χ2n) is 3.46. The molecular formula is C12H19N3S. The number of nitrogens with two attached hydrogens (primary N) is 1. The zero-order valence-corrected chi connectivity index (χ0v) is 10.7. The topological polar surface area (TPSA) is 41.6 Å². The first-order valence-corrected chi connectivity index (χ1v) is 6.21. The first kappa shape index (κ1) is 12.9. The van der Waals surface area contributed by atoms with Gasteiger partial charge in [-0.15, -0.1) is 11.8 Å². The molecule has 1 unspecified atom stereocenters. The Hall–Kier alpha value is -1.16. The quantitative estimate of drug-likeness (QED) is 0.604. The minimum Gasteiger partial charge on any atom is -0.384 e. The Balaban J connectivity index is 2.62. The Bertz CT molecular complexity index is 331. The van der Waals surface area contributed by atoms with E-state index in [0.29, 0.717) is 11.2 Å². The molecule has 1 aliphatic heterocycles. The van der Waals surface area contributed by atoms with Crippen LogP contribution in [-0.2, 0) is 0 Å². The second kappa shape index (κ2) is 6.43. The smallest absolute Gasteiger partial charge is 0.119 e. The minimum absolute atomic E-state index is 0.435. The highest BCUT2D eigenvalue weighted by Gasteiger charge is 2.22. The van der Waals surface area contributed by atoms with Gasteiger partial charge in [-0.3, -0.25) is 4.99 Å². The average molecular weight is 237 g/mol. The van der Waals surface area contributed by atoms with Crippen molar-refractivity contribution in [1.82, 2.24) is 4.90 Å². The first-order valence-electron chi connectivity index (χ1n) is 5.33. The first-order chi connectivity index (χ1) is 7.71. The molecule has 1 aliphatic rings. The molecule has 1 atom stereocenters. The number of nitrogens with zero attached hydrogens (tertiary/aromatic N) is 2. The molecule has 0 spiro atoms. The fourth-order valence-corrected chi connectivity index (χ4v) is 2.73. The summed E-state index contributed by atoms with van der Waals surface area (Å²) in [4.78, 5) is 7.41. The fraction of sp³-hybridized carbons (Fsp3) is 0.417. The lowest BCUT2D eigenvalue weighted by Crippen LogP contribution is -2.20. The molecule has 0 aromatic heterocycles. The number of aliphatic imine (C=N–C) groups is 1. The van der Waals surface area contributed by atoms with Crippen LogP contribution < -0.4 is 5.73 Å². The van der Waals surface area contributed by atoms with E-state index in [9.17, 15) is 0 Å². The average Bonchev–Trinajstić information content (AvgIpc) is 2.78. The van der Waals surface area contributed by atoms with Gasteiger partial charge in [0, 0.05) is 13.2 Å². The van der Waals surface area contributed by atoms with Gasteiger partial charge in [-0.1, -0.05) is 12.7 Å². The Morgan fingerprint density at radius 2 is 2.44 bits per heavy atom. The summed E-state index contributed by atoms with van der Waals surface area (Å²) in [5.74, 6) is 0.529. The number of hydrogen-bond donors (Lipinski definition) is 1. The third-order valence-corrected chi connectivity index (χ3v) is 3.96. The Morgan fingerprint density at radius 1 is 1.69 bits per heavy atom. The van der Waals surface area contributed by atoms with Crippen LogP contribution in [0.3, 0.4) is 0 Å². The zero-order chi connectivity index (χ0) is 12.0. The van der Waals surface area contributed by atoms with E-state index in [-0.39, 0.29) is 0 Å². The molecule has 1 heterocycles. The summed E-state index contributed by atoms with van der Waals surface area (Å²) in [6.45, 7) is 5.91. The van der Waals surface area contributed by atoms with Crippen LogP contribution >= 0.6 is 11.8 Å². The molecular weight excluding hydrogens is 218 g/mol. The van der Waals surface area contributed by atoms with Gasteiger partial charge in [0.25, 0.3) is 0 Å². The van der Waals surface area contributed by atoms with Crippen molar-refractivity contribution >= 4 is 17.6 Å². The van der Waals surface area contributed by atoms with Crippen molar-refractivity contribution in [3.05, 3.63) is 36.0 Å². The highest BCUT2D eigenvalue weighted by atomic mass is 32.2. The van der Waals surface area contributed by atoms with Gasteiger partial charge < -0.3 is 10.6 Å². The summed E-state index contributed by atoms with van der Waals surface area (Å²) in [5, 5.41) is 0.435. The summed E-state index contributed by atoms with van der Waals surface area (Å²) in [6, 6.07) is 0. The van der Waals surface area contributed by atoms with E-state index in [2.05, 4.69) is 29.5 Å². The fourth-order valence-electron chi connectivity index (χ4n) is 1.49. The minimum atomic E-state index is 0.435. The second-order valence-corrected chi connectivity index (χ2v) is 4.76. The van der Waals surface area contributed by atoms with Crippen LogP contribution in [0.25, 0.3) is 0 Å². The Morgan fingerprint density at radius 3 is 2.94 bits per heavy atom. The molecule has 16 heavy (non-hydrogen) atoms. The lowest BCUT2D eigenvalue weighted by atomic mass is 10.3. The number of hydrogen-bond acceptors (Lipinski definition) is 3. The van der Waals surface area contributed by atoms with E-state index < -0.39 is 0 Å². The van der Waals surface area contributed by atoms with Crippen LogP contribution in [0.15, 0.2) is 41.0 Å². The van der Waals surface area contributed by atoms with Crippen LogP contribution in [0.5, 0.6) is 0 Å². The largest absolute Gasteiger partial charge is 0.384 e. The summed E-state index contributed by atoms with van der Waals surface area (Å²) < 4.78 is 0. The van der Waals surface area contributed by atoms with E-state index in [1.165, 1.54) is 4.91 Å². The van der Waals surface area contributed by atoms with Gasteiger partial charge in [-0.25, -0.2) is 0 Å². The number of thioether (sulfide) groups is 1. The normalized spacial score (nSPS) is 24.2. The van der Waals surface area contributed by atoms with E-state index in [0.717, 1.165) is 12.8 Å². The summed E-state index contributed by atoms with van der Waals surface area (Å²) in [7, 11) is 1.68. The van der Waals surface area contributed by atoms with Crippen molar-refractivity contribution in [2.45, 2.75) is 25.1 Å². The van der Waals surface area contributed by atoms with Crippen molar-refractivity contribution in [3.63, 3.8) is 0 Å². The van der Waals surface area contributed by atoms with Crippen molar-refractivity contribution in [3.8, 4) is 0 Å². The molecule has 0 aromatic rings. The van der Waals surface area contributed by atoms with Gasteiger partial charge in [-0.2, -0.15) is 0 Å². The molecule has 2 N–H and O–H groups in total. The van der Waals surface area contributed by atoms with Gasteiger partial charge in [-0.05, 0) is 36.9 Å².